The summed E-state index contributed by atoms with van der Waals surface area (Å²) in [5, 5.41) is 43.5. The van der Waals surface area contributed by atoms with Gasteiger partial charge in [-0.15, -0.1) is 24.2 Å². The van der Waals surface area contributed by atoms with Gasteiger partial charge in [-0.2, -0.15) is 0 Å². The largest absolute Gasteiger partial charge is 0.391 e. The fourth-order valence-electron chi connectivity index (χ4n) is 4.13. The highest BCUT2D eigenvalue weighted by atomic mass is 35.5. The van der Waals surface area contributed by atoms with E-state index >= 15 is 0 Å². The SMILES string of the molecule is CCC[C@@H]1C[C@@H](C(=O)NC(C(C)O)C2O[C@H](SC)[C@H](O)[C@H](O)[C@@H]2O)N(C)C1.Cl. The molecule has 0 aromatic rings. The summed E-state index contributed by atoms with van der Waals surface area (Å²) in [6.07, 6.45) is -1.50. The molecule has 0 saturated carbocycles. The van der Waals surface area contributed by atoms with E-state index < -0.39 is 42.0 Å². The van der Waals surface area contributed by atoms with Gasteiger partial charge in [-0.25, -0.2) is 0 Å². The van der Waals surface area contributed by atoms with Gasteiger partial charge in [0.1, 0.15) is 29.9 Å². The highest BCUT2D eigenvalue weighted by Crippen LogP contribution is 2.30. The lowest BCUT2D eigenvalue weighted by atomic mass is 9.92. The summed E-state index contributed by atoms with van der Waals surface area (Å²) in [4.78, 5) is 14.9. The van der Waals surface area contributed by atoms with Crippen LogP contribution in [0.1, 0.15) is 33.1 Å². The maximum absolute atomic E-state index is 12.8. The van der Waals surface area contributed by atoms with Gasteiger partial charge in [-0.05, 0) is 39.0 Å². The Bertz CT molecular complexity index is 501. The van der Waals surface area contributed by atoms with Crippen LogP contribution in [0.3, 0.4) is 0 Å². The van der Waals surface area contributed by atoms with Crippen LogP contribution in [0, 0.1) is 5.92 Å². The van der Waals surface area contributed by atoms with Crippen LogP contribution in [0.4, 0.5) is 0 Å². The summed E-state index contributed by atoms with van der Waals surface area (Å²) in [7, 11) is 1.91. The Balaban J connectivity index is 0.00000392. The number of rotatable bonds is 7. The highest BCUT2D eigenvalue weighted by Gasteiger charge is 2.48. The summed E-state index contributed by atoms with van der Waals surface area (Å²) in [5.74, 6) is 0.245. The third kappa shape index (κ3) is 5.72. The molecule has 1 amide bonds. The zero-order chi connectivity index (χ0) is 20.3. The average molecular weight is 443 g/mol. The van der Waals surface area contributed by atoms with Gasteiger partial charge in [0.2, 0.25) is 5.91 Å². The van der Waals surface area contributed by atoms with Crippen molar-refractivity contribution < 1.29 is 30.0 Å². The molecule has 3 unspecified atom stereocenters. The fraction of sp³-hybridized carbons (Fsp3) is 0.944. The highest BCUT2D eigenvalue weighted by molar-refractivity contribution is 7.99. The van der Waals surface area contributed by atoms with Crippen LogP contribution in [0.15, 0.2) is 0 Å². The number of carbonyl (C=O) groups is 1. The van der Waals surface area contributed by atoms with Crippen molar-refractivity contribution in [1.29, 1.82) is 0 Å². The predicted molar refractivity (Wildman–Crippen MR) is 110 cm³/mol. The monoisotopic (exact) mass is 442 g/mol. The molecule has 5 N–H and O–H groups in total. The van der Waals surface area contributed by atoms with E-state index in [1.807, 2.05) is 11.9 Å². The van der Waals surface area contributed by atoms with Crippen LogP contribution in [0.25, 0.3) is 0 Å². The van der Waals surface area contributed by atoms with Crippen LogP contribution in [-0.2, 0) is 9.53 Å². The molecule has 8 nitrogen and oxygen atoms in total. The van der Waals surface area contributed by atoms with E-state index in [4.69, 9.17) is 4.74 Å². The van der Waals surface area contributed by atoms with Gasteiger partial charge in [0, 0.05) is 6.54 Å². The molecular weight excluding hydrogens is 408 g/mol. The molecule has 10 heteroatoms. The molecule has 9 atom stereocenters. The Kier molecular flexibility index (Phi) is 10.5. The maximum Gasteiger partial charge on any atom is 0.237 e. The van der Waals surface area contributed by atoms with E-state index in [-0.39, 0.29) is 24.4 Å². The molecule has 2 heterocycles. The number of thioether (sulfide) groups is 1. The summed E-state index contributed by atoms with van der Waals surface area (Å²) < 4.78 is 5.72. The van der Waals surface area contributed by atoms with Gasteiger partial charge in [-0.1, -0.05) is 13.3 Å². The number of hydrogen-bond acceptors (Lipinski definition) is 8. The standard InChI is InChI=1S/C18H34N2O6S.ClH/c1-5-6-10-7-11(20(3)8-10)17(25)19-12(9(2)21)16-14(23)13(22)15(24)18(26-16)27-4;/h9-16,18,21-24H,5-8H2,1-4H3,(H,19,25);1H/t9?,10-,11+,12?,13-,14+,15-,16?,18-;/m1./s1. The number of carbonyl (C=O) groups excluding carboxylic acids is 1. The smallest absolute Gasteiger partial charge is 0.237 e. The van der Waals surface area contributed by atoms with E-state index in [1.165, 1.54) is 18.7 Å². The van der Waals surface area contributed by atoms with Crippen molar-refractivity contribution in [2.45, 2.75) is 81.1 Å². The van der Waals surface area contributed by atoms with Crippen molar-refractivity contribution in [1.82, 2.24) is 10.2 Å². The Hall–Kier alpha value is -0.130. The zero-order valence-electron chi connectivity index (χ0n) is 16.9. The van der Waals surface area contributed by atoms with Crippen LogP contribution in [0.2, 0.25) is 0 Å². The number of hydrogen-bond donors (Lipinski definition) is 5. The molecule has 0 radical (unpaired) electrons. The van der Waals surface area contributed by atoms with Crippen molar-refractivity contribution in [3.8, 4) is 0 Å². The first-order valence-corrected chi connectivity index (χ1v) is 10.9. The van der Waals surface area contributed by atoms with Crippen LogP contribution >= 0.6 is 24.2 Å². The van der Waals surface area contributed by atoms with E-state index in [0.717, 1.165) is 25.8 Å². The molecule has 166 valence electrons. The summed E-state index contributed by atoms with van der Waals surface area (Å²) in [6, 6.07) is -1.20. The second-order valence-corrected chi connectivity index (χ2v) is 8.73. The van der Waals surface area contributed by atoms with Gasteiger partial charge in [-0.3, -0.25) is 9.69 Å². The molecular formula is C18H35ClN2O6S. The molecule has 2 aliphatic heterocycles. The normalized spacial score (nSPS) is 38.5. The van der Waals surface area contributed by atoms with Gasteiger partial charge < -0.3 is 30.5 Å². The number of aliphatic hydroxyl groups excluding tert-OH is 4. The summed E-state index contributed by atoms with van der Waals surface area (Å²) in [6.45, 7) is 4.48. The summed E-state index contributed by atoms with van der Waals surface area (Å²) >= 11 is 1.20. The first kappa shape index (κ1) is 25.9. The summed E-state index contributed by atoms with van der Waals surface area (Å²) in [5.41, 5.74) is -0.755. The second kappa shape index (κ2) is 11.3. The van der Waals surface area contributed by atoms with Gasteiger partial charge in [0.05, 0.1) is 18.2 Å². The number of nitrogens with zero attached hydrogens (tertiary/aromatic N) is 1. The Labute approximate surface area is 177 Å². The van der Waals surface area contributed by atoms with Gasteiger partial charge in [0.15, 0.2) is 0 Å². The van der Waals surface area contributed by atoms with Crippen molar-refractivity contribution in [2.24, 2.45) is 5.92 Å². The second-order valence-electron chi connectivity index (χ2n) is 7.80. The Morgan fingerprint density at radius 1 is 1.29 bits per heavy atom. The number of nitrogens with one attached hydrogen (secondary N) is 1. The molecule has 0 aromatic heterocycles. The van der Waals surface area contributed by atoms with Crippen molar-refractivity contribution in [2.75, 3.05) is 19.8 Å². The number of amides is 1. The number of aliphatic hydroxyl groups is 4. The molecule has 2 aliphatic rings. The minimum atomic E-state index is -1.42. The zero-order valence-corrected chi connectivity index (χ0v) is 18.5. The van der Waals surface area contributed by atoms with Gasteiger partial charge in [0.25, 0.3) is 0 Å². The molecule has 0 spiro atoms. The first-order valence-electron chi connectivity index (χ1n) is 9.62. The van der Waals surface area contributed by atoms with Crippen molar-refractivity contribution in [3.05, 3.63) is 0 Å². The lowest BCUT2D eigenvalue weighted by Crippen LogP contribution is -2.65. The van der Waals surface area contributed by atoms with Crippen LogP contribution in [-0.4, -0.2) is 99.1 Å². The molecule has 0 bridgehead atoms. The average Bonchev–Trinajstić information content (AvgIpc) is 2.99. The van der Waals surface area contributed by atoms with E-state index in [9.17, 15) is 25.2 Å². The third-order valence-electron chi connectivity index (χ3n) is 5.66. The lowest BCUT2D eigenvalue weighted by molar-refractivity contribution is -0.211. The number of likely N-dealkylation sites (N-methyl/N-ethyl adjacent to an activating group) is 1. The molecule has 0 aliphatic carbocycles. The molecule has 28 heavy (non-hydrogen) atoms. The van der Waals surface area contributed by atoms with Crippen molar-refractivity contribution in [3.63, 3.8) is 0 Å². The number of likely N-dealkylation sites (tertiary alicyclic amines) is 1. The number of ether oxygens (including phenoxy) is 1. The van der Waals surface area contributed by atoms with Crippen molar-refractivity contribution >= 4 is 30.1 Å². The molecule has 2 rings (SSSR count). The predicted octanol–water partition coefficient (Wildman–Crippen LogP) is -0.435. The molecule has 0 aromatic carbocycles. The Morgan fingerprint density at radius 2 is 1.93 bits per heavy atom. The fourth-order valence-corrected chi connectivity index (χ4v) is 4.81. The quantitative estimate of drug-likeness (QED) is 0.360. The van der Waals surface area contributed by atoms with E-state index in [1.54, 1.807) is 6.26 Å². The minimum Gasteiger partial charge on any atom is -0.391 e. The van der Waals surface area contributed by atoms with Gasteiger partial charge >= 0.3 is 0 Å². The third-order valence-corrected chi connectivity index (χ3v) is 6.51. The topological polar surface area (TPSA) is 122 Å². The Morgan fingerprint density at radius 3 is 2.46 bits per heavy atom. The lowest BCUT2D eigenvalue weighted by Gasteiger charge is -2.44. The number of halogens is 1. The van der Waals surface area contributed by atoms with Crippen LogP contribution < -0.4 is 5.32 Å². The molecule has 2 saturated heterocycles. The van der Waals surface area contributed by atoms with E-state index in [0.29, 0.717) is 5.92 Å². The maximum atomic E-state index is 12.8. The van der Waals surface area contributed by atoms with Crippen LogP contribution in [0.5, 0.6) is 0 Å². The van der Waals surface area contributed by atoms with E-state index in [2.05, 4.69) is 12.2 Å². The minimum absolute atomic E-state index is 0. The molecule has 2 fully saturated rings. The first-order chi connectivity index (χ1) is 12.7.